The molecule has 0 aliphatic rings. The van der Waals surface area contributed by atoms with Gasteiger partial charge < -0.3 is 9.32 Å². The Kier molecular flexibility index (Phi) is 8.04. The van der Waals surface area contributed by atoms with Gasteiger partial charge in [-0.05, 0) is 64.1 Å². The van der Waals surface area contributed by atoms with Crippen molar-refractivity contribution in [3.63, 3.8) is 0 Å². The number of nitrogens with zero attached hydrogens (tertiary/aromatic N) is 4. The van der Waals surface area contributed by atoms with Crippen molar-refractivity contribution in [1.82, 2.24) is 20.0 Å². The summed E-state index contributed by atoms with van der Waals surface area (Å²) in [7, 11) is 0. The van der Waals surface area contributed by atoms with Crippen LogP contribution in [0.5, 0.6) is 0 Å². The van der Waals surface area contributed by atoms with Crippen LogP contribution < -0.4 is 0 Å². The first-order chi connectivity index (χ1) is 15.3. The van der Waals surface area contributed by atoms with E-state index in [-0.39, 0.29) is 18.5 Å². The maximum atomic E-state index is 13.2. The lowest BCUT2D eigenvalue weighted by Gasteiger charge is -2.26. The van der Waals surface area contributed by atoms with Crippen LogP contribution in [0, 0.1) is 0 Å². The van der Waals surface area contributed by atoms with Crippen LogP contribution in [0.15, 0.2) is 52.9 Å². The van der Waals surface area contributed by atoms with Crippen molar-refractivity contribution in [3.8, 4) is 11.5 Å². The molecule has 2 aromatic carbocycles. The molecular formula is C25H31ClN4O2. The highest BCUT2D eigenvalue weighted by atomic mass is 35.5. The lowest BCUT2D eigenvalue weighted by atomic mass is 10.1. The molecule has 6 nitrogen and oxygen atoms in total. The summed E-state index contributed by atoms with van der Waals surface area (Å²) in [6, 6.07) is 15.6. The standard InChI is InChI=1S/C25H31ClN4O2/c1-6-29(17(2)3)15-19-11-13-20(14-12-19)25(31)30(18(4)5)16-23-27-28-24(32-23)21-9-7-8-10-22(21)26/h7-14,17-18H,6,15-16H2,1-5H3. The van der Waals surface area contributed by atoms with Gasteiger partial charge in [0.1, 0.15) is 0 Å². The van der Waals surface area contributed by atoms with E-state index in [1.165, 1.54) is 5.56 Å². The Balaban J connectivity index is 1.73. The second-order valence-electron chi connectivity index (χ2n) is 8.36. The number of halogens is 1. The maximum Gasteiger partial charge on any atom is 0.254 e. The van der Waals surface area contributed by atoms with Gasteiger partial charge in [0.05, 0.1) is 17.1 Å². The SMILES string of the molecule is CCN(Cc1ccc(C(=O)N(Cc2nnc(-c3ccccc3Cl)o2)C(C)C)cc1)C(C)C. The van der Waals surface area contributed by atoms with Crippen molar-refractivity contribution in [2.24, 2.45) is 0 Å². The number of carbonyl (C=O) groups is 1. The highest BCUT2D eigenvalue weighted by Gasteiger charge is 2.22. The van der Waals surface area contributed by atoms with Gasteiger partial charge in [-0.3, -0.25) is 9.69 Å². The Hall–Kier alpha value is -2.70. The largest absolute Gasteiger partial charge is 0.419 e. The average molecular weight is 455 g/mol. The monoisotopic (exact) mass is 454 g/mol. The number of benzene rings is 2. The molecule has 1 heterocycles. The Morgan fingerprint density at radius 2 is 1.66 bits per heavy atom. The van der Waals surface area contributed by atoms with Crippen LogP contribution in [0.4, 0.5) is 0 Å². The predicted octanol–water partition coefficient (Wildman–Crippen LogP) is 5.67. The van der Waals surface area contributed by atoms with E-state index in [4.69, 9.17) is 16.0 Å². The first-order valence-electron chi connectivity index (χ1n) is 11.0. The number of rotatable bonds is 9. The summed E-state index contributed by atoms with van der Waals surface area (Å²) in [5.74, 6) is 0.645. The van der Waals surface area contributed by atoms with E-state index in [2.05, 4.69) is 35.9 Å². The molecule has 0 aliphatic heterocycles. The van der Waals surface area contributed by atoms with Gasteiger partial charge in [-0.15, -0.1) is 10.2 Å². The lowest BCUT2D eigenvalue weighted by molar-refractivity contribution is 0.0672. The third kappa shape index (κ3) is 5.75. The second kappa shape index (κ2) is 10.7. The zero-order valence-electron chi connectivity index (χ0n) is 19.4. The number of aromatic nitrogens is 2. The van der Waals surface area contributed by atoms with Gasteiger partial charge in [0.15, 0.2) is 0 Å². The molecule has 0 bridgehead atoms. The van der Waals surface area contributed by atoms with E-state index in [1.807, 2.05) is 56.3 Å². The number of amides is 1. The summed E-state index contributed by atoms with van der Waals surface area (Å²) in [4.78, 5) is 17.3. The van der Waals surface area contributed by atoms with Crippen molar-refractivity contribution in [2.75, 3.05) is 6.54 Å². The summed E-state index contributed by atoms with van der Waals surface area (Å²) in [5, 5.41) is 8.78. The highest BCUT2D eigenvalue weighted by Crippen LogP contribution is 2.26. The molecule has 3 rings (SSSR count). The maximum absolute atomic E-state index is 13.2. The number of hydrogen-bond acceptors (Lipinski definition) is 5. The molecule has 0 saturated heterocycles. The van der Waals surface area contributed by atoms with Crippen LogP contribution in [0.25, 0.3) is 11.5 Å². The van der Waals surface area contributed by atoms with Crippen LogP contribution in [-0.4, -0.2) is 44.5 Å². The molecule has 0 radical (unpaired) electrons. The van der Waals surface area contributed by atoms with Gasteiger partial charge in [-0.1, -0.05) is 42.8 Å². The van der Waals surface area contributed by atoms with Crippen molar-refractivity contribution in [2.45, 2.75) is 59.8 Å². The minimum Gasteiger partial charge on any atom is -0.419 e. The van der Waals surface area contributed by atoms with Gasteiger partial charge in [0, 0.05) is 24.2 Å². The molecule has 7 heteroatoms. The first kappa shape index (κ1) is 24.0. The minimum absolute atomic E-state index is 0.0330. The zero-order valence-corrected chi connectivity index (χ0v) is 20.1. The van der Waals surface area contributed by atoms with Crippen molar-refractivity contribution in [1.29, 1.82) is 0 Å². The van der Waals surface area contributed by atoms with Crippen molar-refractivity contribution in [3.05, 3.63) is 70.6 Å². The van der Waals surface area contributed by atoms with Gasteiger partial charge in [-0.2, -0.15) is 0 Å². The van der Waals surface area contributed by atoms with E-state index in [0.29, 0.717) is 34.0 Å². The van der Waals surface area contributed by atoms with E-state index in [9.17, 15) is 4.79 Å². The summed E-state index contributed by atoms with van der Waals surface area (Å²) in [6.45, 7) is 12.6. The van der Waals surface area contributed by atoms with Gasteiger partial charge in [0.2, 0.25) is 11.8 Å². The second-order valence-corrected chi connectivity index (χ2v) is 8.77. The smallest absolute Gasteiger partial charge is 0.254 e. The van der Waals surface area contributed by atoms with Crippen LogP contribution in [0.3, 0.4) is 0 Å². The molecule has 0 spiro atoms. The highest BCUT2D eigenvalue weighted by molar-refractivity contribution is 6.33. The average Bonchev–Trinajstić information content (AvgIpc) is 3.24. The van der Waals surface area contributed by atoms with Crippen LogP contribution in [0.2, 0.25) is 5.02 Å². The fraction of sp³-hybridized carbons (Fsp3) is 0.400. The fourth-order valence-electron chi connectivity index (χ4n) is 3.51. The van der Waals surface area contributed by atoms with E-state index < -0.39 is 0 Å². The molecule has 0 aliphatic carbocycles. The molecule has 1 aromatic heterocycles. The van der Waals surface area contributed by atoms with Gasteiger partial charge in [0.25, 0.3) is 5.91 Å². The molecule has 32 heavy (non-hydrogen) atoms. The van der Waals surface area contributed by atoms with E-state index >= 15 is 0 Å². The molecular weight excluding hydrogens is 424 g/mol. The Morgan fingerprint density at radius 3 is 2.25 bits per heavy atom. The lowest BCUT2D eigenvalue weighted by Crippen LogP contribution is -2.36. The molecule has 0 N–H and O–H groups in total. The fourth-order valence-corrected chi connectivity index (χ4v) is 3.72. The summed E-state index contributed by atoms with van der Waals surface area (Å²) < 4.78 is 5.81. The third-order valence-electron chi connectivity index (χ3n) is 5.48. The first-order valence-corrected chi connectivity index (χ1v) is 11.4. The van der Waals surface area contributed by atoms with Crippen LogP contribution >= 0.6 is 11.6 Å². The van der Waals surface area contributed by atoms with Crippen molar-refractivity contribution < 1.29 is 9.21 Å². The van der Waals surface area contributed by atoms with E-state index in [1.54, 1.807) is 11.0 Å². The van der Waals surface area contributed by atoms with Gasteiger partial charge >= 0.3 is 0 Å². The topological polar surface area (TPSA) is 62.5 Å². The Labute approximate surface area is 195 Å². The van der Waals surface area contributed by atoms with Crippen LogP contribution in [0.1, 0.15) is 56.4 Å². The quantitative estimate of drug-likeness (QED) is 0.416. The summed E-state index contributed by atoms with van der Waals surface area (Å²) >= 11 is 6.23. The van der Waals surface area contributed by atoms with Crippen molar-refractivity contribution >= 4 is 17.5 Å². The molecule has 1 amide bonds. The molecule has 0 atom stereocenters. The molecule has 0 saturated carbocycles. The van der Waals surface area contributed by atoms with Crippen LogP contribution in [-0.2, 0) is 13.1 Å². The normalized spacial score (nSPS) is 11.5. The Bertz CT molecular complexity index is 1030. The number of carbonyl (C=O) groups excluding carboxylic acids is 1. The summed E-state index contributed by atoms with van der Waals surface area (Å²) in [5.41, 5.74) is 2.50. The van der Waals surface area contributed by atoms with Gasteiger partial charge in [-0.25, -0.2) is 0 Å². The van der Waals surface area contributed by atoms with E-state index in [0.717, 1.165) is 13.1 Å². The minimum atomic E-state index is -0.0692. The third-order valence-corrected chi connectivity index (χ3v) is 5.81. The molecule has 0 fully saturated rings. The zero-order chi connectivity index (χ0) is 23.3. The number of hydrogen-bond donors (Lipinski definition) is 0. The molecule has 170 valence electrons. The Morgan fingerprint density at radius 1 is 0.969 bits per heavy atom. The molecule has 0 unspecified atom stereocenters. The predicted molar refractivity (Wildman–Crippen MR) is 127 cm³/mol. The molecule has 3 aromatic rings. The summed E-state index contributed by atoms with van der Waals surface area (Å²) in [6.07, 6.45) is 0.